The molecular weight excluding hydrogens is 525 g/mol. The fourth-order valence-corrected chi connectivity index (χ4v) is 4.43. The van der Waals surface area contributed by atoms with Crippen LogP contribution < -0.4 is 10.6 Å². The molecule has 3 heterocycles. The van der Waals surface area contributed by atoms with E-state index >= 15 is 0 Å². The highest BCUT2D eigenvalue weighted by Gasteiger charge is 2.40. The van der Waals surface area contributed by atoms with Crippen LogP contribution in [0.15, 0.2) is 66.9 Å². The topological polar surface area (TPSA) is 138 Å². The Bertz CT molecular complexity index is 1530. The predicted molar refractivity (Wildman–Crippen MR) is 149 cm³/mol. The second kappa shape index (κ2) is 12.2. The van der Waals surface area contributed by atoms with Crippen molar-refractivity contribution >= 4 is 11.9 Å². The van der Waals surface area contributed by atoms with Gasteiger partial charge in [-0.05, 0) is 49.7 Å². The molecule has 1 aliphatic heterocycles. The van der Waals surface area contributed by atoms with Gasteiger partial charge in [-0.15, -0.1) is 0 Å². The molecule has 1 saturated heterocycles. The van der Waals surface area contributed by atoms with Gasteiger partial charge >= 0.3 is 0 Å². The highest BCUT2D eigenvalue weighted by atomic mass is 19.1. The molecule has 5 rings (SSSR count). The summed E-state index contributed by atoms with van der Waals surface area (Å²) in [4.78, 5) is 29.8. The number of nitrogens with one attached hydrogen (secondary N) is 3. The average molecular weight is 556 g/mol. The number of rotatable bonds is 9. The summed E-state index contributed by atoms with van der Waals surface area (Å²) in [6.07, 6.45) is 1.01. The third-order valence-corrected chi connectivity index (χ3v) is 6.80. The summed E-state index contributed by atoms with van der Waals surface area (Å²) in [5.74, 6) is 0.213. The molecule has 1 atom stereocenters. The van der Waals surface area contributed by atoms with Crippen LogP contribution >= 0.6 is 0 Å². The van der Waals surface area contributed by atoms with Crippen LogP contribution in [0.25, 0.3) is 22.6 Å². The minimum atomic E-state index is -0.913. The molecule has 1 unspecified atom stereocenters. The van der Waals surface area contributed by atoms with Crippen molar-refractivity contribution in [1.82, 2.24) is 25.3 Å². The molecule has 0 aliphatic carbocycles. The van der Waals surface area contributed by atoms with Crippen molar-refractivity contribution in [2.75, 3.05) is 25.1 Å². The number of H-pyrrole nitrogens is 1. The van der Waals surface area contributed by atoms with Crippen LogP contribution in [-0.4, -0.2) is 45.6 Å². The highest BCUT2D eigenvalue weighted by Crippen LogP contribution is 2.35. The summed E-state index contributed by atoms with van der Waals surface area (Å²) in [5, 5.41) is 14.8. The van der Waals surface area contributed by atoms with Crippen LogP contribution in [0.2, 0.25) is 0 Å². The summed E-state index contributed by atoms with van der Waals surface area (Å²) in [7, 11) is 0. The first-order chi connectivity index (χ1) is 19.9. The molecule has 1 fully saturated rings. The lowest BCUT2D eigenvalue weighted by Gasteiger charge is -2.35. The first kappa shape index (κ1) is 27.9. The lowest BCUT2D eigenvalue weighted by molar-refractivity contribution is -0.231. The van der Waals surface area contributed by atoms with E-state index in [0.717, 1.165) is 5.56 Å². The summed E-state index contributed by atoms with van der Waals surface area (Å²) in [6.45, 7) is 4.22. The van der Waals surface area contributed by atoms with Gasteiger partial charge in [-0.1, -0.05) is 30.3 Å². The van der Waals surface area contributed by atoms with Crippen molar-refractivity contribution in [3.8, 4) is 28.7 Å². The Balaban J connectivity index is 1.40. The number of anilines is 1. The van der Waals surface area contributed by atoms with Crippen molar-refractivity contribution in [1.29, 1.82) is 5.26 Å². The van der Waals surface area contributed by atoms with Crippen molar-refractivity contribution in [2.45, 2.75) is 32.6 Å². The number of halogens is 1. The Labute approximate surface area is 237 Å². The van der Waals surface area contributed by atoms with Crippen molar-refractivity contribution in [3.05, 3.63) is 84.1 Å². The van der Waals surface area contributed by atoms with Crippen LogP contribution in [0.5, 0.6) is 0 Å². The van der Waals surface area contributed by atoms with Gasteiger partial charge in [0.05, 0.1) is 54.2 Å². The quantitative estimate of drug-likeness (QED) is 0.247. The standard InChI is InChI=1S/C30H30FN7O3/c1-19(20-7-4-3-5-8-20)35-29-34-16-13-23(36-29)25-24(21-9-11-22(31)12-10-21)37-26(38-25)27-40-17-30(2,18-41-27)28(39)33-15-6-14-32/h3-5,7-13,16,19,27H,6,15,17-18H2,1-2H3,(H,33,39)(H,37,38)(H,34,35,36). The summed E-state index contributed by atoms with van der Waals surface area (Å²) in [6, 6.07) is 19.7. The molecule has 11 heteroatoms. The molecule has 2 aromatic heterocycles. The Morgan fingerprint density at radius 1 is 1.15 bits per heavy atom. The Hall–Kier alpha value is -4.66. The van der Waals surface area contributed by atoms with E-state index in [2.05, 4.69) is 20.6 Å². The maximum absolute atomic E-state index is 13.7. The van der Waals surface area contributed by atoms with Gasteiger partial charge in [0.1, 0.15) is 5.82 Å². The van der Waals surface area contributed by atoms with E-state index in [4.69, 9.17) is 24.7 Å². The Kier molecular flexibility index (Phi) is 8.33. The van der Waals surface area contributed by atoms with Crippen molar-refractivity contribution < 1.29 is 18.7 Å². The number of hydrogen-bond acceptors (Lipinski definition) is 8. The third kappa shape index (κ3) is 6.40. The number of imidazole rings is 1. The van der Waals surface area contributed by atoms with E-state index in [1.54, 1.807) is 31.3 Å². The molecule has 0 spiro atoms. The SMILES string of the molecule is CC(Nc1nccc(-c2[nH]c(C3OCC(C)(C(=O)NCCC#N)CO3)nc2-c2ccc(F)cc2)n1)c1ccccc1. The molecule has 210 valence electrons. The van der Waals surface area contributed by atoms with E-state index in [-0.39, 0.29) is 43.9 Å². The van der Waals surface area contributed by atoms with Crippen LogP contribution in [0.3, 0.4) is 0 Å². The molecule has 41 heavy (non-hydrogen) atoms. The lowest BCUT2D eigenvalue weighted by Crippen LogP contribution is -2.48. The van der Waals surface area contributed by atoms with Gasteiger partial charge < -0.3 is 25.1 Å². The molecule has 1 aliphatic rings. The zero-order valence-corrected chi connectivity index (χ0v) is 22.7. The average Bonchev–Trinajstić information content (AvgIpc) is 3.44. The molecule has 2 aromatic carbocycles. The first-order valence-electron chi connectivity index (χ1n) is 13.3. The van der Waals surface area contributed by atoms with Crippen molar-refractivity contribution in [3.63, 3.8) is 0 Å². The maximum Gasteiger partial charge on any atom is 0.230 e. The minimum absolute atomic E-state index is 0.0317. The molecule has 10 nitrogen and oxygen atoms in total. The largest absolute Gasteiger partial charge is 0.354 e. The molecular formula is C30H30FN7O3. The molecule has 1 amide bonds. The van der Waals surface area contributed by atoms with Gasteiger partial charge in [0, 0.05) is 18.3 Å². The number of amides is 1. The van der Waals surface area contributed by atoms with Gasteiger partial charge in [-0.3, -0.25) is 4.79 Å². The first-order valence-corrected chi connectivity index (χ1v) is 13.3. The van der Waals surface area contributed by atoms with Crippen molar-refractivity contribution in [2.24, 2.45) is 5.41 Å². The summed E-state index contributed by atoms with van der Waals surface area (Å²) >= 11 is 0. The van der Waals surface area contributed by atoms with Gasteiger partial charge in [0.25, 0.3) is 0 Å². The van der Waals surface area contributed by atoms with E-state index in [0.29, 0.717) is 34.4 Å². The number of nitriles is 1. The number of nitrogens with zero attached hydrogens (tertiary/aromatic N) is 4. The number of aromatic amines is 1. The summed E-state index contributed by atoms with van der Waals surface area (Å²) in [5.41, 5.74) is 2.54. The number of hydrogen-bond donors (Lipinski definition) is 3. The number of aromatic nitrogens is 4. The van der Waals surface area contributed by atoms with Gasteiger partial charge in [-0.25, -0.2) is 19.3 Å². The fourth-order valence-electron chi connectivity index (χ4n) is 4.43. The molecule has 0 saturated carbocycles. The van der Waals surface area contributed by atoms with E-state index in [1.807, 2.05) is 43.3 Å². The van der Waals surface area contributed by atoms with Gasteiger partial charge in [-0.2, -0.15) is 5.26 Å². The highest BCUT2D eigenvalue weighted by molar-refractivity contribution is 5.82. The minimum Gasteiger partial charge on any atom is -0.354 e. The van der Waals surface area contributed by atoms with E-state index in [1.165, 1.54) is 12.1 Å². The van der Waals surface area contributed by atoms with E-state index in [9.17, 15) is 9.18 Å². The predicted octanol–water partition coefficient (Wildman–Crippen LogP) is 4.93. The monoisotopic (exact) mass is 555 g/mol. The Morgan fingerprint density at radius 2 is 1.88 bits per heavy atom. The van der Waals surface area contributed by atoms with Crippen LogP contribution in [0, 0.1) is 22.6 Å². The fraction of sp³-hybridized carbons (Fsp3) is 0.300. The number of carbonyl (C=O) groups excluding carboxylic acids is 1. The number of ether oxygens (including phenoxy) is 2. The smallest absolute Gasteiger partial charge is 0.230 e. The summed E-state index contributed by atoms with van der Waals surface area (Å²) < 4.78 is 25.6. The Morgan fingerprint density at radius 3 is 2.59 bits per heavy atom. The normalized spacial score (nSPS) is 19.2. The molecule has 0 bridgehead atoms. The number of benzene rings is 2. The molecule has 0 radical (unpaired) electrons. The van der Waals surface area contributed by atoms with Crippen LogP contribution in [0.4, 0.5) is 10.3 Å². The molecule has 4 aromatic rings. The van der Waals surface area contributed by atoms with Crippen LogP contribution in [0.1, 0.15) is 44.0 Å². The number of carbonyl (C=O) groups is 1. The zero-order valence-electron chi connectivity index (χ0n) is 22.7. The van der Waals surface area contributed by atoms with Gasteiger partial charge in [0.2, 0.25) is 18.1 Å². The second-order valence-electron chi connectivity index (χ2n) is 10.1. The third-order valence-electron chi connectivity index (χ3n) is 6.80. The maximum atomic E-state index is 13.7. The van der Waals surface area contributed by atoms with Crippen LogP contribution in [-0.2, 0) is 14.3 Å². The lowest BCUT2D eigenvalue weighted by atomic mass is 9.91. The second-order valence-corrected chi connectivity index (χ2v) is 10.1. The zero-order chi connectivity index (χ0) is 28.8. The van der Waals surface area contributed by atoms with E-state index < -0.39 is 11.7 Å². The van der Waals surface area contributed by atoms with Gasteiger partial charge in [0.15, 0.2) is 5.82 Å². The molecule has 3 N–H and O–H groups in total.